The first-order valence-corrected chi connectivity index (χ1v) is 18.2. The van der Waals surface area contributed by atoms with Crippen LogP contribution < -0.4 is 10.6 Å². The highest BCUT2D eigenvalue weighted by atomic mass is 16.3. The molecular formula is C48H32N4O2. The summed E-state index contributed by atoms with van der Waals surface area (Å²) in [5.74, 6) is 2.36. The van der Waals surface area contributed by atoms with E-state index in [9.17, 15) is 0 Å². The Morgan fingerprint density at radius 3 is 1.96 bits per heavy atom. The summed E-state index contributed by atoms with van der Waals surface area (Å²) in [7, 11) is 0. The van der Waals surface area contributed by atoms with Gasteiger partial charge in [-0.3, -0.25) is 0 Å². The van der Waals surface area contributed by atoms with E-state index in [-0.39, 0.29) is 6.17 Å². The van der Waals surface area contributed by atoms with Crippen molar-refractivity contribution in [1.82, 2.24) is 10.6 Å². The van der Waals surface area contributed by atoms with E-state index in [1.54, 1.807) is 0 Å². The van der Waals surface area contributed by atoms with Crippen molar-refractivity contribution in [2.24, 2.45) is 9.98 Å². The highest BCUT2D eigenvalue weighted by Crippen LogP contribution is 2.42. The molecule has 256 valence electrons. The number of nitrogens with zero attached hydrogens (tertiary/aromatic N) is 2. The van der Waals surface area contributed by atoms with Gasteiger partial charge >= 0.3 is 0 Å². The quantitative estimate of drug-likeness (QED) is 0.188. The van der Waals surface area contributed by atoms with Crippen LogP contribution in [0.3, 0.4) is 0 Å². The van der Waals surface area contributed by atoms with Gasteiger partial charge in [0.05, 0.1) is 6.54 Å². The van der Waals surface area contributed by atoms with E-state index in [0.29, 0.717) is 12.4 Å². The highest BCUT2D eigenvalue weighted by molar-refractivity contribution is 6.17. The standard InChI is InChI=1S/C48H32N4O2/c1-2-11-30(12-3-1)46-50-47(52-48(51-46)39-27-49-28-43-45(39)38-16-7-9-19-41(38)54-43)31-23-21-29(22-24-31)32-25-26-35(34-14-5-4-13-33(32)34)36-17-10-20-42-44(36)37-15-6-8-18-40(37)53-42/h1-27,48-49H,28H2,(H,50,51,52). The van der Waals surface area contributed by atoms with Crippen molar-refractivity contribution >= 4 is 60.9 Å². The summed E-state index contributed by atoms with van der Waals surface area (Å²) in [5, 5.41) is 12.8. The van der Waals surface area contributed by atoms with Crippen LogP contribution in [0.2, 0.25) is 0 Å². The van der Waals surface area contributed by atoms with Gasteiger partial charge in [0.25, 0.3) is 0 Å². The van der Waals surface area contributed by atoms with Crippen LogP contribution in [-0.2, 0) is 6.54 Å². The predicted octanol–water partition coefficient (Wildman–Crippen LogP) is 11.1. The molecule has 7 aromatic carbocycles. The third kappa shape index (κ3) is 4.88. The molecule has 2 aromatic heterocycles. The average molecular weight is 697 g/mol. The maximum Gasteiger partial charge on any atom is 0.159 e. The van der Waals surface area contributed by atoms with Gasteiger partial charge < -0.3 is 19.5 Å². The lowest BCUT2D eigenvalue weighted by atomic mass is 9.90. The van der Waals surface area contributed by atoms with E-state index in [4.69, 9.17) is 18.8 Å². The second-order valence-electron chi connectivity index (χ2n) is 13.8. The maximum absolute atomic E-state index is 6.27. The Morgan fingerprint density at radius 1 is 0.500 bits per heavy atom. The largest absolute Gasteiger partial charge is 0.459 e. The number of furan rings is 2. The molecule has 6 heteroatoms. The van der Waals surface area contributed by atoms with Crippen LogP contribution in [0.5, 0.6) is 0 Å². The number of aliphatic imine (C=N–C) groups is 2. The zero-order valence-corrected chi connectivity index (χ0v) is 29.1. The first-order chi connectivity index (χ1) is 26.8. The van der Waals surface area contributed by atoms with Crippen molar-refractivity contribution in [3.63, 3.8) is 0 Å². The van der Waals surface area contributed by atoms with Gasteiger partial charge in [0, 0.05) is 44.6 Å². The molecule has 2 aliphatic heterocycles. The molecule has 0 saturated heterocycles. The van der Waals surface area contributed by atoms with E-state index in [1.807, 2.05) is 42.5 Å². The molecule has 4 heterocycles. The zero-order chi connectivity index (χ0) is 35.6. The van der Waals surface area contributed by atoms with Crippen molar-refractivity contribution in [2.75, 3.05) is 0 Å². The Hall–Kier alpha value is -7.18. The summed E-state index contributed by atoms with van der Waals surface area (Å²) >= 11 is 0. The molecule has 11 rings (SSSR count). The second kappa shape index (κ2) is 12.2. The molecule has 1 atom stereocenters. The molecule has 9 aromatic rings. The molecule has 0 bridgehead atoms. The first kappa shape index (κ1) is 30.4. The minimum Gasteiger partial charge on any atom is -0.459 e. The molecule has 2 N–H and O–H groups in total. The highest BCUT2D eigenvalue weighted by Gasteiger charge is 2.30. The van der Waals surface area contributed by atoms with Gasteiger partial charge in [0.2, 0.25) is 0 Å². The smallest absolute Gasteiger partial charge is 0.159 e. The monoisotopic (exact) mass is 696 g/mol. The Morgan fingerprint density at radius 2 is 1.15 bits per heavy atom. The summed E-state index contributed by atoms with van der Waals surface area (Å²) in [5.41, 5.74) is 11.4. The van der Waals surface area contributed by atoms with Crippen LogP contribution in [0.15, 0.2) is 183 Å². The molecule has 0 amide bonds. The Labute approximate surface area is 310 Å². The number of nitrogens with one attached hydrogen (secondary N) is 2. The number of benzene rings is 7. The van der Waals surface area contributed by atoms with Crippen LogP contribution in [-0.4, -0.2) is 17.8 Å². The molecule has 0 fully saturated rings. The summed E-state index contributed by atoms with van der Waals surface area (Å²) in [4.78, 5) is 10.3. The third-order valence-electron chi connectivity index (χ3n) is 10.6. The van der Waals surface area contributed by atoms with Crippen molar-refractivity contribution in [2.45, 2.75) is 12.7 Å². The van der Waals surface area contributed by atoms with Crippen molar-refractivity contribution in [3.05, 3.63) is 186 Å². The summed E-state index contributed by atoms with van der Waals surface area (Å²) in [6.07, 6.45) is 1.68. The fourth-order valence-corrected chi connectivity index (χ4v) is 8.14. The Kier molecular flexibility index (Phi) is 6.89. The molecular weight excluding hydrogens is 665 g/mol. The van der Waals surface area contributed by atoms with E-state index in [0.717, 1.165) is 72.3 Å². The number of hydrogen-bond donors (Lipinski definition) is 2. The van der Waals surface area contributed by atoms with Gasteiger partial charge in [-0.2, -0.15) is 0 Å². The number of para-hydroxylation sites is 2. The lowest BCUT2D eigenvalue weighted by molar-refractivity contribution is 0.529. The van der Waals surface area contributed by atoms with Gasteiger partial charge in [-0.1, -0.05) is 140 Å². The SMILES string of the molecule is C1=C(C2N=C(c3ccc(-c4ccc(-c5cccc6oc7ccccc7c56)c5ccccc45)cc3)N=C(c3ccccc3)N2)c2c(oc3ccccc23)CN1. The normalized spacial score (nSPS) is 15.4. The summed E-state index contributed by atoms with van der Waals surface area (Å²) < 4.78 is 12.5. The first-order valence-electron chi connectivity index (χ1n) is 18.2. The van der Waals surface area contributed by atoms with Gasteiger partial charge in [0.1, 0.15) is 34.5 Å². The van der Waals surface area contributed by atoms with Crippen LogP contribution in [0.25, 0.3) is 71.5 Å². The second-order valence-corrected chi connectivity index (χ2v) is 13.8. The van der Waals surface area contributed by atoms with Crippen molar-refractivity contribution < 1.29 is 8.83 Å². The fourth-order valence-electron chi connectivity index (χ4n) is 8.14. The maximum atomic E-state index is 6.27. The van der Waals surface area contributed by atoms with Gasteiger partial charge in [-0.15, -0.1) is 0 Å². The number of hydrogen-bond acceptors (Lipinski definition) is 6. The molecule has 0 spiro atoms. The number of rotatable bonds is 5. The summed E-state index contributed by atoms with van der Waals surface area (Å²) in [6.45, 7) is 0.628. The Balaban J connectivity index is 0.996. The zero-order valence-electron chi connectivity index (χ0n) is 29.1. The van der Waals surface area contributed by atoms with Crippen molar-refractivity contribution in [1.29, 1.82) is 0 Å². The average Bonchev–Trinajstić information content (AvgIpc) is 3.82. The molecule has 6 nitrogen and oxygen atoms in total. The van der Waals surface area contributed by atoms with Crippen LogP contribution in [0.4, 0.5) is 0 Å². The van der Waals surface area contributed by atoms with Gasteiger partial charge in [0.15, 0.2) is 5.84 Å². The van der Waals surface area contributed by atoms with Crippen molar-refractivity contribution in [3.8, 4) is 22.3 Å². The molecule has 0 radical (unpaired) electrons. The van der Waals surface area contributed by atoms with Gasteiger partial charge in [-0.05, 0) is 51.2 Å². The third-order valence-corrected chi connectivity index (χ3v) is 10.6. The fraction of sp³-hybridized carbons (Fsp3) is 0.0417. The molecule has 2 aliphatic rings. The van der Waals surface area contributed by atoms with Crippen LogP contribution in [0, 0.1) is 0 Å². The Bertz CT molecular complexity index is 3020. The minimum atomic E-state index is -0.381. The molecule has 0 aliphatic carbocycles. The topological polar surface area (TPSA) is 75.1 Å². The minimum absolute atomic E-state index is 0.381. The van der Waals surface area contributed by atoms with E-state index in [2.05, 4.69) is 132 Å². The van der Waals surface area contributed by atoms with Gasteiger partial charge in [-0.25, -0.2) is 9.98 Å². The molecule has 54 heavy (non-hydrogen) atoms. The number of fused-ring (bicyclic) bond motifs is 7. The van der Waals surface area contributed by atoms with Crippen LogP contribution >= 0.6 is 0 Å². The van der Waals surface area contributed by atoms with E-state index in [1.165, 1.54) is 27.5 Å². The number of amidine groups is 2. The molecule has 1 unspecified atom stereocenters. The lowest BCUT2D eigenvalue weighted by Gasteiger charge is -2.27. The summed E-state index contributed by atoms with van der Waals surface area (Å²) in [6, 6.07) is 54.8. The van der Waals surface area contributed by atoms with Crippen LogP contribution in [0.1, 0.15) is 22.5 Å². The molecule has 0 saturated carbocycles. The lowest BCUT2D eigenvalue weighted by Crippen LogP contribution is -2.40. The predicted molar refractivity (Wildman–Crippen MR) is 220 cm³/mol. The van der Waals surface area contributed by atoms with E-state index >= 15 is 0 Å². The van der Waals surface area contributed by atoms with E-state index < -0.39 is 0 Å².